The first-order chi connectivity index (χ1) is 6.63. The van der Waals surface area contributed by atoms with Crippen LogP contribution in [0.4, 0.5) is 0 Å². The van der Waals surface area contributed by atoms with Crippen LogP contribution >= 0.6 is 11.8 Å². The molecule has 1 heterocycles. The quantitative estimate of drug-likeness (QED) is 0.726. The molecule has 1 N–H and O–H groups in total. The number of likely N-dealkylation sites (tertiary alicyclic amines) is 1. The number of aliphatic hydroxyl groups excluding tert-OH is 1. The zero-order valence-electron chi connectivity index (χ0n) is 8.23. The number of carbonyl (C=O) groups is 2. The highest BCUT2D eigenvalue weighted by Crippen LogP contribution is 2.21. The Morgan fingerprint density at radius 3 is 3.00 bits per heavy atom. The van der Waals surface area contributed by atoms with Crippen LogP contribution in [-0.4, -0.2) is 46.5 Å². The maximum Gasteiger partial charge on any atom is 0.223 e. The van der Waals surface area contributed by atoms with Gasteiger partial charge < -0.3 is 10.0 Å². The first kappa shape index (κ1) is 11.5. The summed E-state index contributed by atoms with van der Waals surface area (Å²) in [6.45, 7) is 2.64. The van der Waals surface area contributed by atoms with E-state index in [0.29, 0.717) is 25.3 Å². The number of hydrogen-bond acceptors (Lipinski definition) is 4. The highest BCUT2D eigenvalue weighted by atomic mass is 32.2. The number of amides is 1. The molecule has 1 saturated heterocycles. The van der Waals surface area contributed by atoms with Gasteiger partial charge in [0.25, 0.3) is 0 Å². The molecule has 0 aromatic carbocycles. The van der Waals surface area contributed by atoms with Gasteiger partial charge in [-0.15, -0.1) is 0 Å². The van der Waals surface area contributed by atoms with Crippen molar-refractivity contribution in [2.75, 3.05) is 25.4 Å². The Labute approximate surface area is 87.7 Å². The van der Waals surface area contributed by atoms with E-state index in [1.807, 2.05) is 0 Å². The van der Waals surface area contributed by atoms with Crippen LogP contribution in [0.3, 0.4) is 0 Å². The molecule has 1 amide bonds. The van der Waals surface area contributed by atoms with E-state index in [1.54, 1.807) is 4.90 Å². The molecule has 4 nitrogen and oxygen atoms in total. The molecule has 0 aliphatic carbocycles. The molecule has 1 aliphatic rings. The van der Waals surface area contributed by atoms with E-state index in [-0.39, 0.29) is 23.5 Å². The van der Waals surface area contributed by atoms with Gasteiger partial charge in [-0.3, -0.25) is 9.59 Å². The number of aliphatic hydroxyl groups is 1. The molecular weight excluding hydrogens is 202 g/mol. The predicted octanol–water partition coefficient (Wildman–Crippen LogP) is 0.107. The van der Waals surface area contributed by atoms with Crippen LogP contribution in [0, 0.1) is 5.92 Å². The molecule has 0 spiro atoms. The zero-order chi connectivity index (χ0) is 10.6. The summed E-state index contributed by atoms with van der Waals surface area (Å²) in [6, 6.07) is 0. The van der Waals surface area contributed by atoms with Crippen molar-refractivity contribution in [1.29, 1.82) is 0 Å². The van der Waals surface area contributed by atoms with Gasteiger partial charge in [0.2, 0.25) is 5.91 Å². The minimum Gasteiger partial charge on any atom is -0.395 e. The zero-order valence-corrected chi connectivity index (χ0v) is 9.05. The monoisotopic (exact) mass is 217 g/mol. The molecule has 1 fully saturated rings. The Morgan fingerprint density at radius 2 is 2.43 bits per heavy atom. The number of rotatable bonds is 4. The first-order valence-electron chi connectivity index (χ1n) is 4.65. The number of thioether (sulfide) groups is 1. The Balaban J connectivity index is 2.31. The van der Waals surface area contributed by atoms with E-state index < -0.39 is 0 Å². The van der Waals surface area contributed by atoms with Crippen LogP contribution in [0.5, 0.6) is 0 Å². The second-order valence-corrected chi connectivity index (χ2v) is 4.63. The minimum absolute atomic E-state index is 0.0122. The molecule has 1 aliphatic heterocycles. The van der Waals surface area contributed by atoms with Gasteiger partial charge in [-0.2, -0.15) is 0 Å². The second-order valence-electron chi connectivity index (χ2n) is 3.44. The fourth-order valence-corrected chi connectivity index (χ4v) is 2.23. The minimum atomic E-state index is 0.0122. The highest BCUT2D eigenvalue weighted by molar-refractivity contribution is 8.13. The summed E-state index contributed by atoms with van der Waals surface area (Å²) >= 11 is 1.27. The molecule has 1 unspecified atom stereocenters. The highest BCUT2D eigenvalue weighted by Gasteiger charge is 2.28. The lowest BCUT2D eigenvalue weighted by molar-refractivity contribution is -0.128. The van der Waals surface area contributed by atoms with Crippen molar-refractivity contribution in [2.24, 2.45) is 5.92 Å². The average molecular weight is 217 g/mol. The Bertz CT molecular complexity index is 232. The summed E-state index contributed by atoms with van der Waals surface area (Å²) in [4.78, 5) is 23.7. The maximum absolute atomic E-state index is 11.3. The van der Waals surface area contributed by atoms with Gasteiger partial charge in [0.15, 0.2) is 5.12 Å². The number of β-amino-alcohol motifs (C(OH)–C–C–N with tert-alkyl or cyclic N) is 1. The van der Waals surface area contributed by atoms with Crippen molar-refractivity contribution >= 4 is 22.8 Å². The molecule has 0 radical (unpaired) electrons. The summed E-state index contributed by atoms with van der Waals surface area (Å²) < 4.78 is 0. The standard InChI is InChI=1S/C9H15NO3S/c1-7(12)14-6-8-4-9(13)10(5-8)2-3-11/h8,11H,2-6H2,1H3. The van der Waals surface area contributed by atoms with Crippen molar-refractivity contribution in [3.63, 3.8) is 0 Å². The second kappa shape index (κ2) is 5.36. The lowest BCUT2D eigenvalue weighted by atomic mass is 10.1. The van der Waals surface area contributed by atoms with Crippen LogP contribution in [-0.2, 0) is 9.59 Å². The van der Waals surface area contributed by atoms with Gasteiger partial charge in [0.1, 0.15) is 0 Å². The van der Waals surface area contributed by atoms with Crippen LogP contribution in [0.2, 0.25) is 0 Å². The van der Waals surface area contributed by atoms with E-state index in [0.717, 1.165) is 0 Å². The third kappa shape index (κ3) is 3.31. The van der Waals surface area contributed by atoms with E-state index in [9.17, 15) is 9.59 Å². The fraction of sp³-hybridized carbons (Fsp3) is 0.778. The van der Waals surface area contributed by atoms with E-state index >= 15 is 0 Å². The lowest BCUT2D eigenvalue weighted by Gasteiger charge is -2.14. The first-order valence-corrected chi connectivity index (χ1v) is 5.64. The summed E-state index contributed by atoms with van der Waals surface area (Å²) in [6.07, 6.45) is 0.514. The Hall–Kier alpha value is -0.550. The Kier molecular flexibility index (Phi) is 4.41. The van der Waals surface area contributed by atoms with Gasteiger partial charge in [-0.05, 0) is 5.92 Å². The summed E-state index contributed by atoms with van der Waals surface area (Å²) in [5, 5.41) is 8.79. The maximum atomic E-state index is 11.3. The third-order valence-electron chi connectivity index (χ3n) is 2.19. The normalized spacial score (nSPS) is 21.7. The van der Waals surface area contributed by atoms with Gasteiger partial charge >= 0.3 is 0 Å². The molecule has 0 bridgehead atoms. The van der Waals surface area contributed by atoms with E-state index in [1.165, 1.54) is 18.7 Å². The van der Waals surface area contributed by atoms with Crippen LogP contribution in [0.1, 0.15) is 13.3 Å². The van der Waals surface area contributed by atoms with Crippen LogP contribution in [0.25, 0.3) is 0 Å². The van der Waals surface area contributed by atoms with Crippen LogP contribution < -0.4 is 0 Å². The van der Waals surface area contributed by atoms with E-state index in [2.05, 4.69) is 0 Å². The Morgan fingerprint density at radius 1 is 1.71 bits per heavy atom. The topological polar surface area (TPSA) is 57.6 Å². The van der Waals surface area contributed by atoms with Crippen LogP contribution in [0.15, 0.2) is 0 Å². The fourth-order valence-electron chi connectivity index (χ4n) is 1.54. The molecule has 5 heteroatoms. The van der Waals surface area contributed by atoms with Gasteiger partial charge in [-0.25, -0.2) is 0 Å². The number of hydrogen-bond donors (Lipinski definition) is 1. The molecule has 0 aromatic heterocycles. The van der Waals surface area contributed by atoms with Crippen molar-refractivity contribution < 1.29 is 14.7 Å². The van der Waals surface area contributed by atoms with Gasteiger partial charge in [0, 0.05) is 32.2 Å². The molecule has 1 rings (SSSR count). The van der Waals surface area contributed by atoms with Crippen molar-refractivity contribution in [1.82, 2.24) is 4.90 Å². The van der Waals surface area contributed by atoms with Crippen molar-refractivity contribution in [3.05, 3.63) is 0 Å². The smallest absolute Gasteiger partial charge is 0.223 e. The predicted molar refractivity (Wildman–Crippen MR) is 54.9 cm³/mol. The SMILES string of the molecule is CC(=O)SCC1CC(=O)N(CCO)C1. The molecule has 14 heavy (non-hydrogen) atoms. The molecule has 0 saturated carbocycles. The average Bonchev–Trinajstić information content (AvgIpc) is 2.45. The summed E-state index contributed by atoms with van der Waals surface area (Å²) in [5.74, 6) is 1.07. The lowest BCUT2D eigenvalue weighted by Crippen LogP contribution is -2.28. The molecule has 0 aromatic rings. The largest absolute Gasteiger partial charge is 0.395 e. The third-order valence-corrected chi connectivity index (χ3v) is 3.23. The van der Waals surface area contributed by atoms with Gasteiger partial charge in [-0.1, -0.05) is 11.8 Å². The molecule has 1 atom stereocenters. The number of carbonyl (C=O) groups excluding carboxylic acids is 2. The van der Waals surface area contributed by atoms with Crippen molar-refractivity contribution in [2.45, 2.75) is 13.3 Å². The summed E-state index contributed by atoms with van der Waals surface area (Å²) in [7, 11) is 0. The van der Waals surface area contributed by atoms with Gasteiger partial charge in [0.05, 0.1) is 6.61 Å². The summed E-state index contributed by atoms with van der Waals surface area (Å²) in [5.41, 5.74) is 0. The molecular formula is C9H15NO3S. The van der Waals surface area contributed by atoms with Crippen molar-refractivity contribution in [3.8, 4) is 0 Å². The number of nitrogens with zero attached hydrogens (tertiary/aromatic N) is 1. The van der Waals surface area contributed by atoms with E-state index in [4.69, 9.17) is 5.11 Å². The molecule has 80 valence electrons.